The van der Waals surface area contributed by atoms with Crippen LogP contribution < -0.4 is 5.73 Å². The topological polar surface area (TPSA) is 26.0 Å². The van der Waals surface area contributed by atoms with Crippen LogP contribution in [0.4, 0.5) is 0 Å². The lowest BCUT2D eigenvalue weighted by atomic mass is 9.67. The molecule has 0 amide bonds. The highest BCUT2D eigenvalue weighted by Crippen LogP contribution is 2.51. The number of hydrogen-bond donors (Lipinski definition) is 1. The van der Waals surface area contributed by atoms with E-state index in [1.54, 1.807) is 5.92 Å². The molecule has 2 aliphatic rings. The maximum absolute atomic E-state index is 5.55. The Morgan fingerprint density at radius 2 is 2.33 bits per heavy atom. The fourth-order valence-electron chi connectivity index (χ4n) is 2.38. The summed E-state index contributed by atoms with van der Waals surface area (Å²) >= 11 is 0. The van der Waals surface area contributed by atoms with Crippen molar-refractivity contribution in [2.45, 2.75) is 25.7 Å². The average Bonchev–Trinajstić information content (AvgIpc) is 2.14. The van der Waals surface area contributed by atoms with E-state index in [-0.39, 0.29) is 0 Å². The van der Waals surface area contributed by atoms with Crippen molar-refractivity contribution in [2.75, 3.05) is 6.54 Å². The van der Waals surface area contributed by atoms with Crippen LogP contribution in [0.3, 0.4) is 0 Å². The summed E-state index contributed by atoms with van der Waals surface area (Å²) in [6, 6.07) is 0. The van der Waals surface area contributed by atoms with Crippen molar-refractivity contribution in [3.05, 3.63) is 5.92 Å². The first-order chi connectivity index (χ1) is 4.42. The van der Waals surface area contributed by atoms with Crippen LogP contribution in [0, 0.1) is 17.8 Å². The number of fused-ring (bicyclic) bond motifs is 1. The molecule has 1 nitrogen and oxygen atoms in total. The maximum Gasteiger partial charge on any atom is -0.00117 e. The van der Waals surface area contributed by atoms with Crippen LogP contribution in [0.15, 0.2) is 0 Å². The zero-order valence-electron chi connectivity index (χ0n) is 5.77. The van der Waals surface area contributed by atoms with Crippen LogP contribution in [0.1, 0.15) is 25.7 Å². The van der Waals surface area contributed by atoms with Gasteiger partial charge in [-0.25, -0.2) is 0 Å². The molecule has 0 saturated heterocycles. The van der Waals surface area contributed by atoms with Gasteiger partial charge in [-0.05, 0) is 37.1 Å². The normalized spacial score (nSPS) is 42.3. The van der Waals surface area contributed by atoms with Crippen molar-refractivity contribution in [3.8, 4) is 0 Å². The Hall–Kier alpha value is -0.0400. The molecule has 2 saturated carbocycles. The van der Waals surface area contributed by atoms with Gasteiger partial charge in [-0.15, -0.1) is 0 Å². The van der Waals surface area contributed by atoms with Crippen LogP contribution in [-0.4, -0.2) is 6.54 Å². The minimum Gasteiger partial charge on any atom is -0.330 e. The molecule has 51 valence electrons. The summed E-state index contributed by atoms with van der Waals surface area (Å²) in [6.45, 7) is 0.862. The SMILES string of the molecule is NC[C]1CC2CCCC12. The first kappa shape index (κ1) is 5.72. The van der Waals surface area contributed by atoms with Gasteiger partial charge < -0.3 is 5.73 Å². The summed E-state index contributed by atoms with van der Waals surface area (Å²) in [4.78, 5) is 0. The Morgan fingerprint density at radius 3 is 3.00 bits per heavy atom. The molecule has 0 aromatic heterocycles. The first-order valence-electron chi connectivity index (χ1n) is 3.96. The third-order valence-electron chi connectivity index (χ3n) is 2.97. The first-order valence-corrected chi connectivity index (χ1v) is 3.96. The molecule has 2 atom stereocenters. The van der Waals surface area contributed by atoms with Gasteiger partial charge in [0.05, 0.1) is 0 Å². The van der Waals surface area contributed by atoms with E-state index in [2.05, 4.69) is 0 Å². The van der Waals surface area contributed by atoms with E-state index in [0.29, 0.717) is 0 Å². The summed E-state index contributed by atoms with van der Waals surface area (Å²) in [7, 11) is 0. The van der Waals surface area contributed by atoms with Crippen LogP contribution in [-0.2, 0) is 0 Å². The van der Waals surface area contributed by atoms with E-state index in [0.717, 1.165) is 18.4 Å². The lowest BCUT2D eigenvalue weighted by molar-refractivity contribution is 0.256. The molecule has 1 heteroatoms. The minimum atomic E-state index is 0.862. The summed E-state index contributed by atoms with van der Waals surface area (Å²) in [5, 5.41) is 0. The molecule has 0 spiro atoms. The van der Waals surface area contributed by atoms with Gasteiger partial charge in [-0.3, -0.25) is 0 Å². The van der Waals surface area contributed by atoms with Gasteiger partial charge in [0.1, 0.15) is 0 Å². The Bertz CT molecular complexity index is 111. The van der Waals surface area contributed by atoms with Crippen molar-refractivity contribution in [2.24, 2.45) is 17.6 Å². The second-order valence-corrected chi connectivity index (χ2v) is 3.36. The third kappa shape index (κ3) is 0.710. The standard InChI is InChI=1S/C8H14N/c9-5-7-4-6-2-1-3-8(6)7/h6,8H,1-5,9H2. The lowest BCUT2D eigenvalue weighted by Crippen LogP contribution is -2.35. The molecular weight excluding hydrogens is 110 g/mol. The van der Waals surface area contributed by atoms with Crippen LogP contribution in [0.2, 0.25) is 0 Å². The molecule has 2 N–H and O–H groups in total. The summed E-state index contributed by atoms with van der Waals surface area (Å²) in [6.07, 6.45) is 5.74. The van der Waals surface area contributed by atoms with E-state index in [1.807, 2.05) is 0 Å². The second-order valence-electron chi connectivity index (χ2n) is 3.36. The third-order valence-corrected chi connectivity index (χ3v) is 2.97. The van der Waals surface area contributed by atoms with Gasteiger partial charge in [-0.1, -0.05) is 12.8 Å². The van der Waals surface area contributed by atoms with E-state index < -0.39 is 0 Å². The highest BCUT2D eigenvalue weighted by Gasteiger charge is 2.42. The Labute approximate surface area is 56.6 Å². The molecule has 0 aromatic rings. The van der Waals surface area contributed by atoms with Crippen LogP contribution >= 0.6 is 0 Å². The largest absolute Gasteiger partial charge is 0.330 e. The molecular formula is C8H14N. The molecule has 0 aliphatic heterocycles. The molecule has 2 fully saturated rings. The van der Waals surface area contributed by atoms with Gasteiger partial charge >= 0.3 is 0 Å². The molecule has 2 unspecified atom stereocenters. The lowest BCUT2D eigenvalue weighted by Gasteiger charge is -2.39. The fraction of sp³-hybridized carbons (Fsp3) is 0.875. The monoisotopic (exact) mass is 124 g/mol. The average molecular weight is 124 g/mol. The molecule has 9 heavy (non-hydrogen) atoms. The zero-order chi connectivity index (χ0) is 6.27. The minimum absolute atomic E-state index is 0.862. The van der Waals surface area contributed by atoms with E-state index in [4.69, 9.17) is 5.73 Å². The van der Waals surface area contributed by atoms with Crippen molar-refractivity contribution >= 4 is 0 Å². The maximum atomic E-state index is 5.55. The Balaban J connectivity index is 1.93. The van der Waals surface area contributed by atoms with E-state index in [9.17, 15) is 0 Å². The second kappa shape index (κ2) is 1.98. The Morgan fingerprint density at radius 1 is 1.44 bits per heavy atom. The number of rotatable bonds is 1. The van der Waals surface area contributed by atoms with Gasteiger partial charge in [0.2, 0.25) is 0 Å². The quantitative estimate of drug-likeness (QED) is 0.561. The molecule has 0 bridgehead atoms. The van der Waals surface area contributed by atoms with Gasteiger partial charge in [0.15, 0.2) is 0 Å². The van der Waals surface area contributed by atoms with Crippen molar-refractivity contribution in [3.63, 3.8) is 0 Å². The van der Waals surface area contributed by atoms with Gasteiger partial charge in [0, 0.05) is 0 Å². The molecule has 0 aromatic carbocycles. The molecule has 1 radical (unpaired) electrons. The summed E-state index contributed by atoms with van der Waals surface area (Å²) in [5.74, 6) is 3.68. The van der Waals surface area contributed by atoms with Gasteiger partial charge in [-0.2, -0.15) is 0 Å². The van der Waals surface area contributed by atoms with Crippen molar-refractivity contribution in [1.29, 1.82) is 0 Å². The molecule has 0 heterocycles. The van der Waals surface area contributed by atoms with E-state index in [1.165, 1.54) is 25.7 Å². The summed E-state index contributed by atoms with van der Waals surface area (Å²) in [5.41, 5.74) is 5.55. The highest BCUT2D eigenvalue weighted by molar-refractivity contribution is 5.13. The van der Waals surface area contributed by atoms with Gasteiger partial charge in [0.25, 0.3) is 0 Å². The van der Waals surface area contributed by atoms with Crippen molar-refractivity contribution in [1.82, 2.24) is 0 Å². The number of hydrogen-bond acceptors (Lipinski definition) is 1. The number of nitrogens with two attached hydrogens (primary N) is 1. The van der Waals surface area contributed by atoms with Crippen LogP contribution in [0.25, 0.3) is 0 Å². The molecule has 2 rings (SSSR count). The van der Waals surface area contributed by atoms with E-state index >= 15 is 0 Å². The molecule has 2 aliphatic carbocycles. The van der Waals surface area contributed by atoms with Crippen molar-refractivity contribution < 1.29 is 0 Å². The highest BCUT2D eigenvalue weighted by atomic mass is 14.6. The predicted molar refractivity (Wildman–Crippen MR) is 37.7 cm³/mol. The summed E-state index contributed by atoms with van der Waals surface area (Å²) < 4.78 is 0. The Kier molecular flexibility index (Phi) is 1.26. The smallest absolute Gasteiger partial charge is 0.00117 e. The zero-order valence-corrected chi connectivity index (χ0v) is 5.77. The van der Waals surface area contributed by atoms with Crippen LogP contribution in [0.5, 0.6) is 0 Å². The predicted octanol–water partition coefficient (Wildman–Crippen LogP) is 1.34. The fourth-order valence-corrected chi connectivity index (χ4v) is 2.38.